The van der Waals surface area contributed by atoms with Gasteiger partial charge in [0.1, 0.15) is 6.61 Å². The van der Waals surface area contributed by atoms with Crippen molar-refractivity contribution < 1.29 is 4.74 Å². The van der Waals surface area contributed by atoms with E-state index in [2.05, 4.69) is 33.2 Å². The predicted octanol–water partition coefficient (Wildman–Crippen LogP) is 3.53. The highest BCUT2D eigenvalue weighted by molar-refractivity contribution is 9.10. The molecule has 0 amide bonds. The molecule has 3 nitrogen and oxygen atoms in total. The molecule has 0 saturated carbocycles. The molecule has 0 radical (unpaired) electrons. The van der Waals surface area contributed by atoms with E-state index < -0.39 is 0 Å². The number of benzene rings is 1. The molecule has 1 N–H and O–H groups in total. The normalized spacial score (nSPS) is 10.4. The van der Waals surface area contributed by atoms with E-state index in [0.717, 1.165) is 28.8 Å². The summed E-state index contributed by atoms with van der Waals surface area (Å²) in [4.78, 5) is 4.45. The van der Waals surface area contributed by atoms with Gasteiger partial charge in [-0.1, -0.05) is 47.1 Å². The molecule has 0 aliphatic rings. The van der Waals surface area contributed by atoms with Gasteiger partial charge in [0.05, 0.1) is 5.69 Å². The summed E-state index contributed by atoms with van der Waals surface area (Å²) in [6.45, 7) is 4.29. The number of hydrogen-bond donors (Lipinski definition) is 1. The third-order valence-corrected chi connectivity index (χ3v) is 3.44. The Morgan fingerprint density at radius 3 is 2.79 bits per heavy atom. The van der Waals surface area contributed by atoms with Crippen molar-refractivity contribution in [1.82, 2.24) is 10.3 Å². The van der Waals surface area contributed by atoms with Crippen molar-refractivity contribution in [2.75, 3.05) is 6.54 Å². The number of aromatic nitrogens is 1. The molecule has 0 unspecified atom stereocenters. The van der Waals surface area contributed by atoms with Crippen molar-refractivity contribution in [1.29, 1.82) is 0 Å². The molecule has 1 aromatic carbocycles. The Kier molecular flexibility index (Phi) is 5.36. The summed E-state index contributed by atoms with van der Waals surface area (Å²) in [6.07, 6.45) is 0. The Labute approximate surface area is 122 Å². The molecule has 0 atom stereocenters. The Bertz CT molecular complexity index is 531. The molecule has 2 rings (SSSR count). The lowest BCUT2D eigenvalue weighted by atomic mass is 10.2. The van der Waals surface area contributed by atoms with Crippen molar-refractivity contribution in [2.24, 2.45) is 0 Å². The third kappa shape index (κ3) is 4.33. The molecule has 1 aromatic heterocycles. The fraction of sp³-hybridized carbons (Fsp3) is 0.267. The highest BCUT2D eigenvalue weighted by Gasteiger charge is 2.02. The first-order chi connectivity index (χ1) is 9.29. The predicted molar refractivity (Wildman–Crippen MR) is 80.1 cm³/mol. The van der Waals surface area contributed by atoms with Gasteiger partial charge in [-0.05, 0) is 18.7 Å². The maximum absolute atomic E-state index is 5.72. The van der Waals surface area contributed by atoms with E-state index in [9.17, 15) is 0 Å². The first-order valence-electron chi connectivity index (χ1n) is 6.32. The second-order valence-corrected chi connectivity index (χ2v) is 4.98. The van der Waals surface area contributed by atoms with Crippen LogP contribution in [0.15, 0.2) is 46.9 Å². The van der Waals surface area contributed by atoms with Crippen molar-refractivity contribution in [2.45, 2.75) is 20.1 Å². The average Bonchev–Trinajstić information content (AvgIpc) is 2.45. The highest BCUT2D eigenvalue weighted by atomic mass is 79.9. The van der Waals surface area contributed by atoms with Crippen LogP contribution in [0.5, 0.6) is 5.88 Å². The van der Waals surface area contributed by atoms with E-state index in [4.69, 9.17) is 4.74 Å². The Morgan fingerprint density at radius 1 is 1.16 bits per heavy atom. The van der Waals surface area contributed by atoms with Gasteiger partial charge in [-0.15, -0.1) is 0 Å². The van der Waals surface area contributed by atoms with Gasteiger partial charge in [-0.3, -0.25) is 0 Å². The molecule has 2 aromatic rings. The van der Waals surface area contributed by atoms with E-state index in [1.54, 1.807) is 0 Å². The van der Waals surface area contributed by atoms with Crippen molar-refractivity contribution >= 4 is 15.9 Å². The zero-order valence-electron chi connectivity index (χ0n) is 10.9. The maximum atomic E-state index is 5.72. The molecule has 0 bridgehead atoms. The number of pyridine rings is 1. The van der Waals surface area contributed by atoms with Crippen LogP contribution in [-0.2, 0) is 13.2 Å². The molecule has 0 saturated heterocycles. The number of ether oxygens (including phenoxy) is 1. The first kappa shape index (κ1) is 14.0. The number of nitrogens with one attached hydrogen (secondary N) is 1. The summed E-state index contributed by atoms with van der Waals surface area (Å²) in [5.74, 6) is 0.658. The lowest BCUT2D eigenvalue weighted by molar-refractivity contribution is 0.292. The molecular formula is C15H17BrN2O. The largest absolute Gasteiger partial charge is 0.473 e. The van der Waals surface area contributed by atoms with E-state index in [-0.39, 0.29) is 0 Å². The number of hydrogen-bond acceptors (Lipinski definition) is 3. The minimum Gasteiger partial charge on any atom is -0.473 e. The summed E-state index contributed by atoms with van der Waals surface area (Å²) < 4.78 is 6.78. The van der Waals surface area contributed by atoms with E-state index >= 15 is 0 Å². The SMILES string of the molecule is CCNCc1cccc(OCc2ccccc2Br)n1. The standard InChI is InChI=1S/C15H17BrN2O/c1-2-17-10-13-7-5-9-15(18-13)19-11-12-6-3-4-8-14(12)16/h3-9,17H,2,10-11H2,1H3. The number of halogens is 1. The van der Waals surface area contributed by atoms with Gasteiger partial charge in [-0.2, -0.15) is 0 Å². The van der Waals surface area contributed by atoms with Crippen LogP contribution in [0.2, 0.25) is 0 Å². The molecule has 19 heavy (non-hydrogen) atoms. The molecule has 0 aliphatic heterocycles. The fourth-order valence-corrected chi connectivity index (χ4v) is 2.06. The van der Waals surface area contributed by atoms with Crippen LogP contribution >= 0.6 is 15.9 Å². The molecule has 0 spiro atoms. The van der Waals surface area contributed by atoms with Crippen molar-refractivity contribution in [3.63, 3.8) is 0 Å². The monoisotopic (exact) mass is 320 g/mol. The van der Waals surface area contributed by atoms with E-state index in [1.165, 1.54) is 0 Å². The zero-order chi connectivity index (χ0) is 13.5. The van der Waals surface area contributed by atoms with Crippen molar-refractivity contribution in [3.05, 3.63) is 58.2 Å². The van der Waals surface area contributed by atoms with Gasteiger partial charge in [0.15, 0.2) is 0 Å². The van der Waals surface area contributed by atoms with Crippen LogP contribution in [0.3, 0.4) is 0 Å². The molecule has 0 fully saturated rings. The molecule has 1 heterocycles. The van der Waals surface area contributed by atoms with Gasteiger partial charge in [-0.25, -0.2) is 4.98 Å². The lowest BCUT2D eigenvalue weighted by Gasteiger charge is -2.08. The summed E-state index contributed by atoms with van der Waals surface area (Å²) >= 11 is 3.51. The average molecular weight is 321 g/mol. The summed E-state index contributed by atoms with van der Waals surface area (Å²) in [7, 11) is 0. The smallest absolute Gasteiger partial charge is 0.213 e. The van der Waals surface area contributed by atoms with Gasteiger partial charge >= 0.3 is 0 Å². The quantitative estimate of drug-likeness (QED) is 0.884. The van der Waals surface area contributed by atoms with Crippen LogP contribution in [0, 0.1) is 0 Å². The zero-order valence-corrected chi connectivity index (χ0v) is 12.5. The number of nitrogens with zero attached hydrogens (tertiary/aromatic N) is 1. The summed E-state index contributed by atoms with van der Waals surface area (Å²) in [6, 6.07) is 13.9. The van der Waals surface area contributed by atoms with E-state index in [0.29, 0.717) is 12.5 Å². The van der Waals surface area contributed by atoms with E-state index in [1.807, 2.05) is 42.5 Å². The van der Waals surface area contributed by atoms with Crippen LogP contribution in [0.4, 0.5) is 0 Å². The van der Waals surface area contributed by atoms with Gasteiger partial charge in [0, 0.05) is 22.6 Å². The van der Waals surface area contributed by atoms with Gasteiger partial charge < -0.3 is 10.1 Å². The minimum absolute atomic E-state index is 0.513. The third-order valence-electron chi connectivity index (χ3n) is 2.67. The van der Waals surface area contributed by atoms with Gasteiger partial charge in [0.2, 0.25) is 5.88 Å². The Balaban J connectivity index is 1.98. The Morgan fingerprint density at radius 2 is 2.00 bits per heavy atom. The summed E-state index contributed by atoms with van der Waals surface area (Å²) in [5, 5.41) is 3.25. The van der Waals surface area contributed by atoms with Gasteiger partial charge in [0.25, 0.3) is 0 Å². The van der Waals surface area contributed by atoms with Crippen LogP contribution < -0.4 is 10.1 Å². The van der Waals surface area contributed by atoms with Crippen molar-refractivity contribution in [3.8, 4) is 5.88 Å². The second-order valence-electron chi connectivity index (χ2n) is 4.13. The molecular weight excluding hydrogens is 304 g/mol. The minimum atomic E-state index is 0.513. The number of rotatable bonds is 6. The lowest BCUT2D eigenvalue weighted by Crippen LogP contribution is -2.13. The summed E-state index contributed by atoms with van der Waals surface area (Å²) in [5.41, 5.74) is 2.10. The van der Waals surface area contributed by atoms with Crippen LogP contribution in [0.1, 0.15) is 18.2 Å². The second kappa shape index (κ2) is 7.26. The molecule has 0 aliphatic carbocycles. The first-order valence-corrected chi connectivity index (χ1v) is 7.11. The molecule has 4 heteroatoms. The van der Waals surface area contributed by atoms with Crippen LogP contribution in [0.25, 0.3) is 0 Å². The molecule has 100 valence electrons. The topological polar surface area (TPSA) is 34.1 Å². The fourth-order valence-electron chi connectivity index (χ4n) is 1.66. The highest BCUT2D eigenvalue weighted by Crippen LogP contribution is 2.18. The Hall–Kier alpha value is -1.39. The maximum Gasteiger partial charge on any atom is 0.213 e. The van der Waals surface area contributed by atoms with Crippen LogP contribution in [-0.4, -0.2) is 11.5 Å².